The first-order valence-corrected chi connectivity index (χ1v) is 7.39. The van der Waals surface area contributed by atoms with Crippen molar-refractivity contribution in [1.82, 2.24) is 9.55 Å². The van der Waals surface area contributed by atoms with Crippen LogP contribution in [0, 0.1) is 5.92 Å². The predicted octanol–water partition coefficient (Wildman–Crippen LogP) is 3.99. The molecule has 1 atom stereocenters. The number of benzene rings is 1. The minimum Gasteiger partial charge on any atom is -0.330 e. The lowest BCUT2D eigenvalue weighted by Gasteiger charge is -2.21. The average Bonchev–Trinajstić information content (AvgIpc) is 2.78. The Hall–Kier alpha value is -0.840. The Bertz CT molecular complexity index is 566. The quantitative estimate of drug-likeness (QED) is 0.913. The van der Waals surface area contributed by atoms with E-state index in [4.69, 9.17) is 17.3 Å². The van der Waals surface area contributed by atoms with Crippen LogP contribution in [-0.4, -0.2) is 16.1 Å². The number of halogens is 2. The van der Waals surface area contributed by atoms with E-state index in [0.717, 1.165) is 15.9 Å². The Morgan fingerprint density at radius 1 is 1.42 bits per heavy atom. The van der Waals surface area contributed by atoms with Crippen molar-refractivity contribution in [1.29, 1.82) is 0 Å². The first-order chi connectivity index (χ1) is 9.04. The lowest BCUT2D eigenvalue weighted by atomic mass is 9.93. The second kappa shape index (κ2) is 6.07. The van der Waals surface area contributed by atoms with E-state index in [9.17, 15) is 0 Å². The van der Waals surface area contributed by atoms with Crippen LogP contribution in [0.4, 0.5) is 0 Å². The van der Waals surface area contributed by atoms with E-state index in [1.165, 1.54) is 0 Å². The second-order valence-electron chi connectivity index (χ2n) is 4.87. The van der Waals surface area contributed by atoms with E-state index in [2.05, 4.69) is 39.3 Å². The first-order valence-electron chi connectivity index (χ1n) is 6.22. The summed E-state index contributed by atoms with van der Waals surface area (Å²) in [5.41, 5.74) is 8.05. The minimum absolute atomic E-state index is 0.282. The molecule has 0 radical (unpaired) electrons. The van der Waals surface area contributed by atoms with E-state index >= 15 is 0 Å². The van der Waals surface area contributed by atoms with Crippen molar-refractivity contribution >= 4 is 27.5 Å². The van der Waals surface area contributed by atoms with E-state index < -0.39 is 0 Å². The zero-order valence-corrected chi connectivity index (χ0v) is 13.3. The summed E-state index contributed by atoms with van der Waals surface area (Å²) in [6, 6.07) is 5.73. The highest BCUT2D eigenvalue weighted by molar-refractivity contribution is 9.10. The molecule has 1 heterocycles. The van der Waals surface area contributed by atoms with Gasteiger partial charge in [-0.25, -0.2) is 4.98 Å². The molecular weight excluding hydrogens is 326 g/mol. The molecule has 0 bridgehead atoms. The van der Waals surface area contributed by atoms with E-state index in [0.29, 0.717) is 17.5 Å². The van der Waals surface area contributed by atoms with Crippen LogP contribution in [0.15, 0.2) is 35.2 Å². The third-order valence-corrected chi connectivity index (χ3v) is 4.15. The Morgan fingerprint density at radius 2 is 2.16 bits per heavy atom. The Labute approximate surface area is 126 Å². The number of nitrogens with two attached hydrogens (primary N) is 1. The summed E-state index contributed by atoms with van der Waals surface area (Å²) < 4.78 is 3.01. The number of rotatable bonds is 4. The van der Waals surface area contributed by atoms with Gasteiger partial charge in [-0.05, 0) is 40.0 Å². The smallest absolute Gasteiger partial charge is 0.0994 e. The number of hydrogen-bond acceptors (Lipinski definition) is 2. The Balaban J connectivity index is 2.49. The van der Waals surface area contributed by atoms with E-state index in [-0.39, 0.29) is 5.92 Å². The van der Waals surface area contributed by atoms with Crippen molar-refractivity contribution in [2.45, 2.75) is 19.8 Å². The Morgan fingerprint density at radius 3 is 2.74 bits per heavy atom. The van der Waals surface area contributed by atoms with Crippen LogP contribution in [-0.2, 0) is 0 Å². The number of aromatic nitrogens is 2. The van der Waals surface area contributed by atoms with Gasteiger partial charge in [-0.1, -0.05) is 25.4 Å². The predicted molar refractivity (Wildman–Crippen MR) is 82.9 cm³/mol. The summed E-state index contributed by atoms with van der Waals surface area (Å²) in [7, 11) is 0. The van der Waals surface area contributed by atoms with Gasteiger partial charge in [0.15, 0.2) is 0 Å². The highest BCUT2D eigenvalue weighted by Gasteiger charge is 2.19. The zero-order chi connectivity index (χ0) is 14.0. The van der Waals surface area contributed by atoms with Crippen molar-refractivity contribution < 1.29 is 0 Å². The van der Waals surface area contributed by atoms with Gasteiger partial charge in [0.2, 0.25) is 0 Å². The van der Waals surface area contributed by atoms with Crippen molar-refractivity contribution in [3.8, 4) is 5.69 Å². The number of imidazole rings is 1. The van der Waals surface area contributed by atoms with Gasteiger partial charge >= 0.3 is 0 Å². The number of nitrogens with zero attached hydrogens (tertiary/aromatic N) is 2. The van der Waals surface area contributed by atoms with Crippen LogP contribution in [0.5, 0.6) is 0 Å². The van der Waals surface area contributed by atoms with Gasteiger partial charge in [-0.2, -0.15) is 0 Å². The Kier molecular flexibility index (Phi) is 4.66. The summed E-state index contributed by atoms with van der Waals surface area (Å²) >= 11 is 9.53. The van der Waals surface area contributed by atoms with E-state index in [1.807, 2.05) is 30.7 Å². The van der Waals surface area contributed by atoms with Crippen molar-refractivity contribution in [3.63, 3.8) is 0 Å². The molecule has 0 amide bonds. The molecule has 2 rings (SSSR count). The molecule has 3 nitrogen and oxygen atoms in total. The molecule has 0 saturated carbocycles. The maximum atomic E-state index is 5.98. The fourth-order valence-electron chi connectivity index (χ4n) is 2.19. The minimum atomic E-state index is 0.282. The van der Waals surface area contributed by atoms with Crippen molar-refractivity contribution in [2.75, 3.05) is 6.54 Å². The molecule has 0 aliphatic heterocycles. The normalized spacial score (nSPS) is 12.9. The molecule has 0 fully saturated rings. The maximum Gasteiger partial charge on any atom is 0.0994 e. The molecule has 0 spiro atoms. The lowest BCUT2D eigenvalue weighted by molar-refractivity contribution is 0.489. The highest BCUT2D eigenvalue weighted by atomic mass is 79.9. The molecule has 2 aromatic rings. The summed E-state index contributed by atoms with van der Waals surface area (Å²) in [4.78, 5) is 4.27. The van der Waals surface area contributed by atoms with Crippen LogP contribution in [0.2, 0.25) is 5.02 Å². The molecule has 0 aliphatic carbocycles. The monoisotopic (exact) mass is 341 g/mol. The third kappa shape index (κ3) is 3.02. The second-order valence-corrected chi connectivity index (χ2v) is 6.16. The summed E-state index contributed by atoms with van der Waals surface area (Å²) in [6.07, 6.45) is 3.70. The molecule has 0 saturated heterocycles. The molecule has 1 aromatic heterocycles. The summed E-state index contributed by atoms with van der Waals surface area (Å²) in [5, 5.41) is 0.705. The summed E-state index contributed by atoms with van der Waals surface area (Å²) in [6.45, 7) is 4.95. The van der Waals surface area contributed by atoms with Crippen molar-refractivity contribution in [3.05, 3.63) is 45.9 Å². The number of hydrogen-bond donors (Lipinski definition) is 1. The van der Waals surface area contributed by atoms with Gasteiger partial charge in [0.05, 0.1) is 12.0 Å². The topological polar surface area (TPSA) is 43.8 Å². The fraction of sp³-hybridized carbons (Fsp3) is 0.357. The molecule has 2 N–H and O–H groups in total. The average molecular weight is 343 g/mol. The van der Waals surface area contributed by atoms with Crippen LogP contribution in [0.25, 0.3) is 5.69 Å². The molecule has 0 aliphatic rings. The van der Waals surface area contributed by atoms with Gasteiger partial charge in [0.25, 0.3) is 0 Å². The van der Waals surface area contributed by atoms with Gasteiger partial charge in [0.1, 0.15) is 0 Å². The van der Waals surface area contributed by atoms with Crippen LogP contribution in [0.3, 0.4) is 0 Å². The van der Waals surface area contributed by atoms with Crippen molar-refractivity contribution in [2.24, 2.45) is 11.7 Å². The maximum absolute atomic E-state index is 5.98. The van der Waals surface area contributed by atoms with Crippen LogP contribution >= 0.6 is 27.5 Å². The fourth-order valence-corrected chi connectivity index (χ4v) is 3.07. The first kappa shape index (κ1) is 14.6. The SMILES string of the molecule is CC(C)C(CN)c1cncn1-c1ccc(Cl)cc1Br. The molecule has 1 unspecified atom stereocenters. The lowest BCUT2D eigenvalue weighted by Crippen LogP contribution is -2.20. The van der Waals surface area contributed by atoms with Gasteiger partial charge in [0, 0.05) is 33.8 Å². The van der Waals surface area contributed by atoms with Crippen LogP contribution in [0.1, 0.15) is 25.5 Å². The third-order valence-electron chi connectivity index (χ3n) is 3.27. The molecular formula is C14H17BrClN3. The van der Waals surface area contributed by atoms with Gasteiger partial charge < -0.3 is 10.3 Å². The largest absolute Gasteiger partial charge is 0.330 e. The molecule has 5 heteroatoms. The van der Waals surface area contributed by atoms with Gasteiger partial charge in [-0.15, -0.1) is 0 Å². The highest BCUT2D eigenvalue weighted by Crippen LogP contribution is 2.30. The standard InChI is InChI=1S/C14H17BrClN3/c1-9(2)11(6-17)14-7-18-8-19(14)13-4-3-10(16)5-12(13)15/h3-5,7-9,11H,6,17H2,1-2H3. The molecule has 1 aromatic carbocycles. The molecule has 102 valence electrons. The zero-order valence-electron chi connectivity index (χ0n) is 11.0. The van der Waals surface area contributed by atoms with E-state index in [1.54, 1.807) is 0 Å². The van der Waals surface area contributed by atoms with Crippen LogP contribution < -0.4 is 5.73 Å². The molecule has 19 heavy (non-hydrogen) atoms. The van der Waals surface area contributed by atoms with Gasteiger partial charge in [-0.3, -0.25) is 0 Å². The summed E-state index contributed by atoms with van der Waals surface area (Å²) in [5.74, 6) is 0.747.